The highest BCUT2D eigenvalue weighted by molar-refractivity contribution is 9.10. The minimum absolute atomic E-state index is 0.829. The molecule has 4 heteroatoms. The average Bonchev–Trinajstić information content (AvgIpc) is 2.38. The molecule has 0 N–H and O–H groups in total. The molecule has 0 fully saturated rings. The Morgan fingerprint density at radius 3 is 2.41 bits per heavy atom. The van der Waals surface area contributed by atoms with E-state index in [4.69, 9.17) is 4.74 Å². The average molecular weight is 293 g/mol. The van der Waals surface area contributed by atoms with Crippen molar-refractivity contribution in [2.75, 3.05) is 19.1 Å². The number of hydrogen-bond donors (Lipinski definition) is 0. The van der Waals surface area contributed by atoms with Crippen LogP contribution < -0.4 is 9.64 Å². The summed E-state index contributed by atoms with van der Waals surface area (Å²) in [6.45, 7) is 0. The summed E-state index contributed by atoms with van der Waals surface area (Å²) < 4.78 is 5.96. The van der Waals surface area contributed by atoms with Crippen LogP contribution in [0.3, 0.4) is 0 Å². The number of rotatable bonds is 3. The van der Waals surface area contributed by atoms with Crippen LogP contribution in [-0.2, 0) is 0 Å². The molecule has 0 saturated carbocycles. The molecule has 0 aliphatic carbocycles. The van der Waals surface area contributed by atoms with Crippen LogP contribution in [0.2, 0.25) is 0 Å². The molecule has 1 aromatic carbocycles. The summed E-state index contributed by atoms with van der Waals surface area (Å²) >= 11 is 3.37. The van der Waals surface area contributed by atoms with E-state index in [0.29, 0.717) is 0 Å². The summed E-state index contributed by atoms with van der Waals surface area (Å²) in [6.07, 6.45) is 0. The second-order valence-corrected chi connectivity index (χ2v) is 4.39. The summed E-state index contributed by atoms with van der Waals surface area (Å²) in [5, 5.41) is 0. The Bertz CT molecular complexity index is 499. The van der Waals surface area contributed by atoms with Crippen molar-refractivity contribution in [2.45, 2.75) is 0 Å². The molecule has 88 valence electrons. The van der Waals surface area contributed by atoms with E-state index in [0.717, 1.165) is 21.9 Å². The number of nitrogens with zero attached hydrogens (tertiary/aromatic N) is 2. The lowest BCUT2D eigenvalue weighted by Crippen LogP contribution is -2.10. The second kappa shape index (κ2) is 5.19. The van der Waals surface area contributed by atoms with Crippen molar-refractivity contribution >= 4 is 27.4 Å². The lowest BCUT2D eigenvalue weighted by atomic mass is 10.3. The Hall–Kier alpha value is -1.55. The Labute approximate surface area is 109 Å². The van der Waals surface area contributed by atoms with Crippen molar-refractivity contribution in [3.8, 4) is 5.75 Å². The molecule has 0 amide bonds. The van der Waals surface area contributed by atoms with Crippen molar-refractivity contribution < 1.29 is 4.74 Å². The van der Waals surface area contributed by atoms with Crippen molar-refractivity contribution in [3.63, 3.8) is 0 Å². The third-order valence-electron chi connectivity index (χ3n) is 2.50. The fourth-order valence-corrected chi connectivity index (χ4v) is 1.86. The van der Waals surface area contributed by atoms with Gasteiger partial charge >= 0.3 is 0 Å². The molecule has 3 nitrogen and oxygen atoms in total. The van der Waals surface area contributed by atoms with Gasteiger partial charge in [-0.15, -0.1) is 0 Å². The molecule has 0 atom stereocenters. The molecule has 2 rings (SSSR count). The molecular weight excluding hydrogens is 280 g/mol. The number of pyridine rings is 1. The van der Waals surface area contributed by atoms with E-state index < -0.39 is 0 Å². The van der Waals surface area contributed by atoms with E-state index in [1.807, 2.05) is 54.4 Å². The van der Waals surface area contributed by atoms with Gasteiger partial charge in [-0.3, -0.25) is 0 Å². The molecule has 17 heavy (non-hydrogen) atoms. The molecule has 0 aliphatic rings. The minimum Gasteiger partial charge on any atom is -0.497 e. The summed E-state index contributed by atoms with van der Waals surface area (Å²) in [7, 11) is 3.64. The Morgan fingerprint density at radius 1 is 1.12 bits per heavy atom. The number of anilines is 2. The Kier molecular flexibility index (Phi) is 3.64. The van der Waals surface area contributed by atoms with Crippen LogP contribution in [0.15, 0.2) is 47.1 Å². The SMILES string of the molecule is COc1ccc(N(C)c2cccc(Br)n2)cc1. The van der Waals surface area contributed by atoms with Gasteiger partial charge < -0.3 is 9.64 Å². The monoisotopic (exact) mass is 292 g/mol. The first-order valence-corrected chi connectivity index (χ1v) is 6.00. The molecule has 1 aromatic heterocycles. The van der Waals surface area contributed by atoms with E-state index in [1.54, 1.807) is 7.11 Å². The maximum atomic E-state index is 5.13. The van der Waals surface area contributed by atoms with Gasteiger partial charge in [0.25, 0.3) is 0 Å². The summed E-state index contributed by atoms with van der Waals surface area (Å²) in [4.78, 5) is 6.42. The first-order valence-electron chi connectivity index (χ1n) is 5.21. The second-order valence-electron chi connectivity index (χ2n) is 3.58. The van der Waals surface area contributed by atoms with E-state index in [2.05, 4.69) is 20.9 Å². The highest BCUT2D eigenvalue weighted by Crippen LogP contribution is 2.24. The van der Waals surface area contributed by atoms with Crippen LogP contribution in [0, 0.1) is 0 Å². The quantitative estimate of drug-likeness (QED) is 0.808. The summed E-state index contributed by atoms with van der Waals surface area (Å²) in [6, 6.07) is 13.7. The number of ether oxygens (including phenoxy) is 1. The van der Waals surface area contributed by atoms with Crippen molar-refractivity contribution in [3.05, 3.63) is 47.1 Å². The predicted molar refractivity (Wildman–Crippen MR) is 73.0 cm³/mol. The smallest absolute Gasteiger partial charge is 0.134 e. The zero-order valence-corrected chi connectivity index (χ0v) is 11.3. The van der Waals surface area contributed by atoms with Crippen LogP contribution in [0.25, 0.3) is 0 Å². The lowest BCUT2D eigenvalue weighted by molar-refractivity contribution is 0.415. The van der Waals surface area contributed by atoms with Crippen LogP contribution in [0.5, 0.6) is 5.75 Å². The van der Waals surface area contributed by atoms with Gasteiger partial charge in [-0.1, -0.05) is 6.07 Å². The predicted octanol–water partition coefficient (Wildman–Crippen LogP) is 3.62. The maximum Gasteiger partial charge on any atom is 0.134 e. The number of hydrogen-bond acceptors (Lipinski definition) is 3. The van der Waals surface area contributed by atoms with E-state index in [-0.39, 0.29) is 0 Å². The van der Waals surface area contributed by atoms with E-state index in [1.165, 1.54) is 0 Å². The van der Waals surface area contributed by atoms with Gasteiger partial charge in [0.2, 0.25) is 0 Å². The van der Waals surface area contributed by atoms with Gasteiger partial charge in [0.05, 0.1) is 7.11 Å². The Morgan fingerprint density at radius 2 is 1.82 bits per heavy atom. The van der Waals surface area contributed by atoms with Gasteiger partial charge in [0, 0.05) is 12.7 Å². The van der Waals surface area contributed by atoms with Gasteiger partial charge in [0.1, 0.15) is 16.2 Å². The standard InChI is InChI=1S/C13H13BrN2O/c1-16(13-5-3-4-12(14)15-13)10-6-8-11(17-2)9-7-10/h3-9H,1-2H3. The fourth-order valence-electron chi connectivity index (χ4n) is 1.52. The van der Waals surface area contributed by atoms with E-state index >= 15 is 0 Å². The van der Waals surface area contributed by atoms with Crippen LogP contribution >= 0.6 is 15.9 Å². The summed E-state index contributed by atoms with van der Waals surface area (Å²) in [5.41, 5.74) is 1.07. The first-order chi connectivity index (χ1) is 8.20. The summed E-state index contributed by atoms with van der Waals surface area (Å²) in [5.74, 6) is 1.74. The lowest BCUT2D eigenvalue weighted by Gasteiger charge is -2.18. The molecule has 0 bridgehead atoms. The van der Waals surface area contributed by atoms with Gasteiger partial charge in [-0.25, -0.2) is 4.98 Å². The number of benzene rings is 1. The molecule has 0 spiro atoms. The van der Waals surface area contributed by atoms with Gasteiger partial charge in [-0.05, 0) is 52.3 Å². The molecule has 2 aromatic rings. The van der Waals surface area contributed by atoms with Crippen molar-refractivity contribution in [2.24, 2.45) is 0 Å². The molecule has 0 unspecified atom stereocenters. The molecular formula is C13H13BrN2O. The molecule has 0 aliphatic heterocycles. The third-order valence-corrected chi connectivity index (χ3v) is 2.95. The van der Waals surface area contributed by atoms with Crippen LogP contribution in [0.4, 0.5) is 11.5 Å². The first kappa shape index (κ1) is 11.9. The molecule has 1 heterocycles. The largest absolute Gasteiger partial charge is 0.497 e. The highest BCUT2D eigenvalue weighted by Gasteiger charge is 2.05. The van der Waals surface area contributed by atoms with Crippen LogP contribution in [-0.4, -0.2) is 19.1 Å². The van der Waals surface area contributed by atoms with E-state index in [9.17, 15) is 0 Å². The van der Waals surface area contributed by atoms with Crippen LogP contribution in [0.1, 0.15) is 0 Å². The zero-order valence-electron chi connectivity index (χ0n) is 9.72. The third kappa shape index (κ3) is 2.77. The minimum atomic E-state index is 0.829. The number of halogens is 1. The molecule has 0 saturated heterocycles. The number of aromatic nitrogens is 1. The van der Waals surface area contributed by atoms with Gasteiger partial charge in [0.15, 0.2) is 0 Å². The maximum absolute atomic E-state index is 5.13. The van der Waals surface area contributed by atoms with Gasteiger partial charge in [-0.2, -0.15) is 0 Å². The molecule has 0 radical (unpaired) electrons. The zero-order chi connectivity index (χ0) is 12.3. The Balaban J connectivity index is 2.27. The fraction of sp³-hybridized carbons (Fsp3) is 0.154. The highest BCUT2D eigenvalue weighted by atomic mass is 79.9. The normalized spacial score (nSPS) is 10.1. The van der Waals surface area contributed by atoms with Crippen molar-refractivity contribution in [1.29, 1.82) is 0 Å². The topological polar surface area (TPSA) is 25.4 Å². The number of methoxy groups -OCH3 is 1. The van der Waals surface area contributed by atoms with Crippen molar-refractivity contribution in [1.82, 2.24) is 4.98 Å².